The van der Waals surface area contributed by atoms with Crippen molar-refractivity contribution in [2.75, 3.05) is 25.5 Å². The molecule has 0 amide bonds. The van der Waals surface area contributed by atoms with E-state index in [1.54, 1.807) is 6.33 Å². The lowest BCUT2D eigenvalue weighted by Gasteiger charge is -2.30. The van der Waals surface area contributed by atoms with Gasteiger partial charge in [0.25, 0.3) is 0 Å². The van der Waals surface area contributed by atoms with Gasteiger partial charge < -0.3 is 4.90 Å². The first kappa shape index (κ1) is 13.9. The minimum absolute atomic E-state index is 0.189. The van der Waals surface area contributed by atoms with Crippen molar-refractivity contribution in [2.24, 2.45) is 0 Å². The molecule has 1 aromatic carbocycles. The summed E-state index contributed by atoms with van der Waals surface area (Å²) < 4.78 is 13.0. The van der Waals surface area contributed by atoms with Crippen molar-refractivity contribution in [3.05, 3.63) is 53.2 Å². The van der Waals surface area contributed by atoms with E-state index in [-0.39, 0.29) is 5.82 Å². The highest BCUT2D eigenvalue weighted by molar-refractivity contribution is 5.48. The molecule has 2 aromatic rings. The SMILES string of the molecule is CN(C)c1ncnc2c1CN(Cc1ccc(F)cc1)CC2. The molecule has 4 nitrogen and oxygen atoms in total. The first-order valence-corrected chi connectivity index (χ1v) is 7.10. The molecule has 0 saturated heterocycles. The maximum Gasteiger partial charge on any atom is 0.136 e. The van der Waals surface area contributed by atoms with Crippen molar-refractivity contribution in [2.45, 2.75) is 19.5 Å². The number of aromatic nitrogens is 2. The van der Waals surface area contributed by atoms with Gasteiger partial charge in [0.1, 0.15) is 18.0 Å². The van der Waals surface area contributed by atoms with Crippen LogP contribution in [0.4, 0.5) is 10.2 Å². The van der Waals surface area contributed by atoms with Gasteiger partial charge in [0.15, 0.2) is 0 Å². The van der Waals surface area contributed by atoms with Gasteiger partial charge in [0, 0.05) is 45.7 Å². The van der Waals surface area contributed by atoms with Crippen LogP contribution in [-0.2, 0) is 19.5 Å². The molecule has 110 valence electrons. The van der Waals surface area contributed by atoms with Crippen LogP contribution >= 0.6 is 0 Å². The van der Waals surface area contributed by atoms with Gasteiger partial charge in [-0.25, -0.2) is 14.4 Å². The van der Waals surface area contributed by atoms with Crippen LogP contribution in [0.1, 0.15) is 16.8 Å². The van der Waals surface area contributed by atoms with Crippen LogP contribution in [0.5, 0.6) is 0 Å². The minimum Gasteiger partial charge on any atom is -0.362 e. The van der Waals surface area contributed by atoms with Gasteiger partial charge in [-0.15, -0.1) is 0 Å². The van der Waals surface area contributed by atoms with Crippen molar-refractivity contribution >= 4 is 5.82 Å². The van der Waals surface area contributed by atoms with E-state index in [1.807, 2.05) is 31.1 Å². The highest BCUT2D eigenvalue weighted by Gasteiger charge is 2.21. The van der Waals surface area contributed by atoms with Crippen molar-refractivity contribution in [1.82, 2.24) is 14.9 Å². The number of hydrogen-bond donors (Lipinski definition) is 0. The number of nitrogens with zero attached hydrogens (tertiary/aromatic N) is 4. The fourth-order valence-electron chi connectivity index (χ4n) is 2.75. The summed E-state index contributed by atoms with van der Waals surface area (Å²) in [6, 6.07) is 6.72. The summed E-state index contributed by atoms with van der Waals surface area (Å²) in [6.45, 7) is 2.62. The maximum absolute atomic E-state index is 13.0. The Hall–Kier alpha value is -2.01. The van der Waals surface area contributed by atoms with E-state index in [4.69, 9.17) is 0 Å². The van der Waals surface area contributed by atoms with Crippen LogP contribution in [0.15, 0.2) is 30.6 Å². The molecule has 0 spiro atoms. The Labute approximate surface area is 124 Å². The molecule has 0 aliphatic carbocycles. The summed E-state index contributed by atoms with van der Waals surface area (Å²) in [5, 5.41) is 0. The Morgan fingerprint density at radius 2 is 1.95 bits per heavy atom. The summed E-state index contributed by atoms with van der Waals surface area (Å²) in [5.74, 6) is 0.801. The maximum atomic E-state index is 13.0. The molecule has 1 aromatic heterocycles. The Bertz CT molecular complexity index is 625. The molecule has 21 heavy (non-hydrogen) atoms. The van der Waals surface area contributed by atoms with Crippen molar-refractivity contribution < 1.29 is 4.39 Å². The van der Waals surface area contributed by atoms with Crippen LogP contribution in [0.25, 0.3) is 0 Å². The number of hydrogen-bond acceptors (Lipinski definition) is 4. The second-order valence-corrected chi connectivity index (χ2v) is 5.60. The molecule has 5 heteroatoms. The number of benzene rings is 1. The Balaban J connectivity index is 1.79. The van der Waals surface area contributed by atoms with E-state index in [0.29, 0.717) is 0 Å². The number of halogens is 1. The average Bonchev–Trinajstić information content (AvgIpc) is 2.49. The van der Waals surface area contributed by atoms with Gasteiger partial charge in [-0.1, -0.05) is 12.1 Å². The van der Waals surface area contributed by atoms with Gasteiger partial charge in [0.05, 0.1) is 5.69 Å². The van der Waals surface area contributed by atoms with E-state index >= 15 is 0 Å². The van der Waals surface area contributed by atoms with Crippen molar-refractivity contribution in [3.63, 3.8) is 0 Å². The normalized spacial score (nSPS) is 14.8. The molecule has 2 heterocycles. The second-order valence-electron chi connectivity index (χ2n) is 5.60. The Morgan fingerprint density at radius 1 is 1.19 bits per heavy atom. The van der Waals surface area contributed by atoms with E-state index in [2.05, 4.69) is 14.9 Å². The van der Waals surface area contributed by atoms with E-state index in [1.165, 1.54) is 17.7 Å². The molecule has 0 unspecified atom stereocenters. The highest BCUT2D eigenvalue weighted by atomic mass is 19.1. The zero-order valence-corrected chi connectivity index (χ0v) is 12.4. The number of rotatable bonds is 3. The van der Waals surface area contributed by atoms with E-state index < -0.39 is 0 Å². The fourth-order valence-corrected chi connectivity index (χ4v) is 2.75. The number of fused-ring (bicyclic) bond motifs is 1. The molecule has 0 saturated carbocycles. The molecule has 1 aliphatic heterocycles. The smallest absolute Gasteiger partial charge is 0.136 e. The zero-order valence-electron chi connectivity index (χ0n) is 12.4. The predicted octanol–water partition coefficient (Wildman–Crippen LogP) is 2.24. The van der Waals surface area contributed by atoms with Crippen LogP contribution < -0.4 is 4.90 Å². The van der Waals surface area contributed by atoms with Crippen molar-refractivity contribution in [1.29, 1.82) is 0 Å². The molecule has 0 atom stereocenters. The Kier molecular flexibility index (Phi) is 3.84. The Morgan fingerprint density at radius 3 is 2.67 bits per heavy atom. The third-order valence-corrected chi connectivity index (χ3v) is 3.80. The molecular formula is C16H19FN4. The third-order valence-electron chi connectivity index (χ3n) is 3.80. The summed E-state index contributed by atoms with van der Waals surface area (Å²) in [4.78, 5) is 13.2. The van der Waals surface area contributed by atoms with Crippen LogP contribution in [0, 0.1) is 5.82 Å². The van der Waals surface area contributed by atoms with Crippen LogP contribution in [-0.4, -0.2) is 35.5 Å². The molecule has 0 fully saturated rings. The molecule has 0 N–H and O–H groups in total. The standard InChI is InChI=1S/C16H19FN4/c1-20(2)16-14-10-21(8-7-15(14)18-11-19-16)9-12-3-5-13(17)6-4-12/h3-6,11H,7-10H2,1-2H3. The molecule has 0 radical (unpaired) electrons. The first-order valence-electron chi connectivity index (χ1n) is 7.10. The predicted molar refractivity (Wildman–Crippen MR) is 80.6 cm³/mol. The fraction of sp³-hybridized carbons (Fsp3) is 0.375. The lowest BCUT2D eigenvalue weighted by Crippen LogP contribution is -2.32. The summed E-state index contributed by atoms with van der Waals surface area (Å²) in [7, 11) is 4.00. The summed E-state index contributed by atoms with van der Waals surface area (Å²) >= 11 is 0. The zero-order chi connectivity index (χ0) is 14.8. The molecule has 3 rings (SSSR count). The van der Waals surface area contributed by atoms with Gasteiger partial charge >= 0.3 is 0 Å². The van der Waals surface area contributed by atoms with Gasteiger partial charge in [-0.3, -0.25) is 4.90 Å². The monoisotopic (exact) mass is 286 g/mol. The lowest BCUT2D eigenvalue weighted by atomic mass is 10.0. The molecule has 1 aliphatic rings. The second kappa shape index (κ2) is 5.77. The van der Waals surface area contributed by atoms with Gasteiger partial charge in [0.2, 0.25) is 0 Å². The average molecular weight is 286 g/mol. The largest absolute Gasteiger partial charge is 0.362 e. The van der Waals surface area contributed by atoms with Gasteiger partial charge in [-0.05, 0) is 17.7 Å². The highest BCUT2D eigenvalue weighted by Crippen LogP contribution is 2.25. The van der Waals surface area contributed by atoms with Crippen LogP contribution in [0.2, 0.25) is 0 Å². The summed E-state index contributed by atoms with van der Waals surface area (Å²) in [6.07, 6.45) is 2.57. The lowest BCUT2D eigenvalue weighted by molar-refractivity contribution is 0.243. The third kappa shape index (κ3) is 3.03. The minimum atomic E-state index is -0.189. The number of anilines is 1. The first-order chi connectivity index (χ1) is 10.1. The summed E-state index contributed by atoms with van der Waals surface area (Å²) in [5.41, 5.74) is 3.48. The topological polar surface area (TPSA) is 32.3 Å². The van der Waals surface area contributed by atoms with Crippen LogP contribution in [0.3, 0.4) is 0 Å². The van der Waals surface area contributed by atoms with Gasteiger partial charge in [-0.2, -0.15) is 0 Å². The van der Waals surface area contributed by atoms with E-state index in [0.717, 1.165) is 43.1 Å². The van der Waals surface area contributed by atoms with E-state index in [9.17, 15) is 4.39 Å². The molecule has 0 bridgehead atoms. The molecular weight excluding hydrogens is 267 g/mol. The quantitative estimate of drug-likeness (QED) is 0.866. The van der Waals surface area contributed by atoms with Crippen molar-refractivity contribution in [3.8, 4) is 0 Å².